The van der Waals surface area contributed by atoms with Crippen LogP contribution in [0.3, 0.4) is 0 Å². The van der Waals surface area contributed by atoms with Crippen molar-refractivity contribution in [3.63, 3.8) is 0 Å². The summed E-state index contributed by atoms with van der Waals surface area (Å²) < 4.78 is 0. The summed E-state index contributed by atoms with van der Waals surface area (Å²) in [5.41, 5.74) is 2.16. The Morgan fingerprint density at radius 2 is 2.29 bits per heavy atom. The van der Waals surface area contributed by atoms with Crippen LogP contribution in [0.25, 0.3) is 0 Å². The highest BCUT2D eigenvalue weighted by molar-refractivity contribution is 5.56. The number of hydrogen-bond acceptors (Lipinski definition) is 4. The van der Waals surface area contributed by atoms with E-state index < -0.39 is 0 Å². The Bertz CT molecular complexity index is 337. The van der Waals surface area contributed by atoms with Gasteiger partial charge in [0.15, 0.2) is 0 Å². The van der Waals surface area contributed by atoms with E-state index in [0.29, 0.717) is 0 Å². The minimum atomic E-state index is -0.0543. The number of nitrogens with one attached hydrogen (secondary N) is 1. The molecule has 0 aliphatic rings. The van der Waals surface area contributed by atoms with Gasteiger partial charge in [-0.1, -0.05) is 0 Å². The quantitative estimate of drug-likeness (QED) is 0.573. The third kappa shape index (κ3) is 4.95. The summed E-state index contributed by atoms with van der Waals surface area (Å²) in [5, 5.41) is 3.14. The van der Waals surface area contributed by atoms with Crippen LogP contribution in [0.15, 0.2) is 18.3 Å². The van der Waals surface area contributed by atoms with E-state index >= 15 is 0 Å². The monoisotopic (exact) mass is 235 g/mol. The van der Waals surface area contributed by atoms with Gasteiger partial charge in [0.25, 0.3) is 0 Å². The molecule has 1 heterocycles. The van der Waals surface area contributed by atoms with E-state index in [1.807, 2.05) is 26.1 Å². The van der Waals surface area contributed by atoms with Crippen LogP contribution in [0, 0.1) is 6.92 Å². The topological polar surface area (TPSA) is 45.2 Å². The molecule has 1 unspecified atom stereocenters. The maximum atomic E-state index is 10.4. The van der Waals surface area contributed by atoms with E-state index in [9.17, 15) is 4.79 Å². The lowest BCUT2D eigenvalue weighted by Gasteiger charge is -2.19. The zero-order chi connectivity index (χ0) is 12.7. The van der Waals surface area contributed by atoms with Crippen LogP contribution in [0.4, 0.5) is 5.69 Å². The predicted molar refractivity (Wildman–Crippen MR) is 70.4 cm³/mol. The fourth-order valence-electron chi connectivity index (χ4n) is 1.51. The standard InChI is InChI=1S/C13H21N3O/c1-11-5-6-13(9-15-11)16(3)8-4-7-14-12(2)10-17/h5-6,9-10,12,14H,4,7-8H2,1-3H3. The van der Waals surface area contributed by atoms with Gasteiger partial charge in [0.2, 0.25) is 0 Å². The zero-order valence-electron chi connectivity index (χ0n) is 10.8. The summed E-state index contributed by atoms with van der Waals surface area (Å²) >= 11 is 0. The molecular weight excluding hydrogens is 214 g/mol. The molecule has 0 saturated carbocycles. The summed E-state index contributed by atoms with van der Waals surface area (Å²) in [6.07, 6.45) is 3.81. The van der Waals surface area contributed by atoms with E-state index in [4.69, 9.17) is 0 Å². The van der Waals surface area contributed by atoms with Crippen molar-refractivity contribution < 1.29 is 4.79 Å². The van der Waals surface area contributed by atoms with Gasteiger partial charge in [-0.2, -0.15) is 0 Å². The van der Waals surface area contributed by atoms with Crippen LogP contribution >= 0.6 is 0 Å². The number of nitrogens with zero attached hydrogens (tertiary/aromatic N) is 2. The Hall–Kier alpha value is -1.42. The van der Waals surface area contributed by atoms with Gasteiger partial charge in [-0.05, 0) is 38.9 Å². The van der Waals surface area contributed by atoms with Gasteiger partial charge in [-0.15, -0.1) is 0 Å². The van der Waals surface area contributed by atoms with Crippen molar-refractivity contribution in [1.82, 2.24) is 10.3 Å². The van der Waals surface area contributed by atoms with E-state index in [2.05, 4.69) is 28.3 Å². The Labute approximate surface area is 103 Å². The lowest BCUT2D eigenvalue weighted by atomic mass is 10.3. The molecular formula is C13H21N3O. The molecule has 1 aromatic heterocycles. The number of pyridine rings is 1. The molecule has 4 heteroatoms. The van der Waals surface area contributed by atoms with Crippen molar-refractivity contribution in [2.24, 2.45) is 0 Å². The van der Waals surface area contributed by atoms with Crippen molar-refractivity contribution in [1.29, 1.82) is 0 Å². The fraction of sp³-hybridized carbons (Fsp3) is 0.538. The minimum absolute atomic E-state index is 0.0543. The van der Waals surface area contributed by atoms with Crippen LogP contribution in [0.1, 0.15) is 19.0 Å². The number of aldehydes is 1. The van der Waals surface area contributed by atoms with Gasteiger partial charge >= 0.3 is 0 Å². The molecule has 0 radical (unpaired) electrons. The first-order chi connectivity index (χ1) is 8.13. The molecule has 4 nitrogen and oxygen atoms in total. The number of aryl methyl sites for hydroxylation is 1. The van der Waals surface area contributed by atoms with Gasteiger partial charge in [-0.25, -0.2) is 0 Å². The van der Waals surface area contributed by atoms with Gasteiger partial charge in [-0.3, -0.25) is 4.98 Å². The normalized spacial score (nSPS) is 12.2. The predicted octanol–water partition coefficient (Wildman–Crippen LogP) is 1.39. The van der Waals surface area contributed by atoms with Crippen molar-refractivity contribution in [3.05, 3.63) is 24.0 Å². The van der Waals surface area contributed by atoms with Gasteiger partial charge in [0.1, 0.15) is 6.29 Å². The van der Waals surface area contributed by atoms with Crippen LogP contribution in [0.2, 0.25) is 0 Å². The van der Waals surface area contributed by atoms with Gasteiger partial charge in [0.05, 0.1) is 17.9 Å². The number of rotatable bonds is 7. The molecule has 0 fully saturated rings. The van der Waals surface area contributed by atoms with Gasteiger partial charge in [0, 0.05) is 19.3 Å². The second-order valence-corrected chi connectivity index (χ2v) is 4.31. The molecule has 0 spiro atoms. The first-order valence-electron chi connectivity index (χ1n) is 5.96. The molecule has 0 amide bonds. The summed E-state index contributed by atoms with van der Waals surface area (Å²) in [4.78, 5) is 16.8. The molecule has 0 aromatic carbocycles. The summed E-state index contributed by atoms with van der Waals surface area (Å²) in [7, 11) is 2.05. The molecule has 94 valence electrons. The van der Waals surface area contributed by atoms with E-state index in [1.165, 1.54) is 0 Å². The molecule has 0 saturated heterocycles. The molecule has 0 aliphatic carbocycles. The molecule has 1 atom stereocenters. The van der Waals surface area contributed by atoms with Crippen LogP contribution < -0.4 is 10.2 Å². The molecule has 0 aliphatic heterocycles. The van der Waals surface area contributed by atoms with E-state index in [-0.39, 0.29) is 6.04 Å². The Morgan fingerprint density at radius 3 is 2.88 bits per heavy atom. The maximum Gasteiger partial charge on any atom is 0.136 e. The SMILES string of the molecule is Cc1ccc(N(C)CCCNC(C)C=O)cn1. The average Bonchev–Trinajstić information content (AvgIpc) is 2.34. The maximum absolute atomic E-state index is 10.4. The van der Waals surface area contributed by atoms with Crippen molar-refractivity contribution in [2.45, 2.75) is 26.3 Å². The Morgan fingerprint density at radius 1 is 1.53 bits per heavy atom. The Kier molecular flexibility index (Phi) is 5.63. The van der Waals surface area contributed by atoms with Crippen molar-refractivity contribution >= 4 is 12.0 Å². The third-order valence-corrected chi connectivity index (χ3v) is 2.68. The number of aromatic nitrogens is 1. The van der Waals surface area contributed by atoms with Crippen LogP contribution in [-0.2, 0) is 4.79 Å². The first-order valence-corrected chi connectivity index (χ1v) is 5.96. The van der Waals surface area contributed by atoms with Gasteiger partial charge < -0.3 is 15.0 Å². The first kappa shape index (κ1) is 13.6. The van der Waals surface area contributed by atoms with E-state index in [0.717, 1.165) is 37.2 Å². The molecule has 1 rings (SSSR count). The smallest absolute Gasteiger partial charge is 0.136 e. The number of hydrogen-bond donors (Lipinski definition) is 1. The van der Waals surface area contributed by atoms with Crippen molar-refractivity contribution in [2.75, 3.05) is 25.0 Å². The fourth-order valence-corrected chi connectivity index (χ4v) is 1.51. The van der Waals surface area contributed by atoms with Crippen LogP contribution in [0.5, 0.6) is 0 Å². The molecule has 1 N–H and O–H groups in total. The van der Waals surface area contributed by atoms with Crippen LogP contribution in [-0.4, -0.2) is 37.4 Å². The summed E-state index contributed by atoms with van der Waals surface area (Å²) in [6.45, 7) is 5.64. The highest BCUT2D eigenvalue weighted by Gasteiger charge is 2.01. The summed E-state index contributed by atoms with van der Waals surface area (Å²) in [6, 6.07) is 4.03. The minimum Gasteiger partial charge on any atom is -0.373 e. The second-order valence-electron chi connectivity index (χ2n) is 4.31. The highest BCUT2D eigenvalue weighted by Crippen LogP contribution is 2.10. The molecule has 1 aromatic rings. The lowest BCUT2D eigenvalue weighted by molar-refractivity contribution is -0.109. The number of carbonyl (C=O) groups is 1. The highest BCUT2D eigenvalue weighted by atomic mass is 16.1. The zero-order valence-corrected chi connectivity index (χ0v) is 10.8. The third-order valence-electron chi connectivity index (χ3n) is 2.68. The Balaban J connectivity index is 2.27. The summed E-state index contributed by atoms with van der Waals surface area (Å²) in [5.74, 6) is 0. The number of carbonyl (C=O) groups excluding carboxylic acids is 1. The second kappa shape index (κ2) is 7.01. The van der Waals surface area contributed by atoms with E-state index in [1.54, 1.807) is 0 Å². The van der Waals surface area contributed by atoms with Crippen molar-refractivity contribution in [3.8, 4) is 0 Å². The number of anilines is 1. The lowest BCUT2D eigenvalue weighted by Crippen LogP contribution is -2.30. The molecule has 0 bridgehead atoms. The molecule has 17 heavy (non-hydrogen) atoms. The largest absolute Gasteiger partial charge is 0.373 e. The average molecular weight is 235 g/mol.